The van der Waals surface area contributed by atoms with E-state index in [2.05, 4.69) is 31.2 Å². The van der Waals surface area contributed by atoms with Gasteiger partial charge in [0.25, 0.3) is 0 Å². The van der Waals surface area contributed by atoms with E-state index in [4.69, 9.17) is 21.1 Å². The Bertz CT molecular complexity index is 328. The van der Waals surface area contributed by atoms with Crippen molar-refractivity contribution >= 4 is 11.6 Å². The first-order valence-corrected chi connectivity index (χ1v) is 6.27. The lowest BCUT2D eigenvalue weighted by Gasteiger charge is -2.25. The minimum atomic E-state index is -0.716. The van der Waals surface area contributed by atoms with Crippen molar-refractivity contribution < 1.29 is 9.47 Å². The molecule has 0 N–H and O–H groups in total. The molecule has 1 heterocycles. The molecule has 2 rings (SSSR count). The number of hydrogen-bond acceptors (Lipinski definition) is 2. The highest BCUT2D eigenvalue weighted by molar-refractivity contribution is 6.18. The first-order chi connectivity index (χ1) is 7.80. The van der Waals surface area contributed by atoms with E-state index in [1.807, 2.05) is 0 Å². The minimum absolute atomic E-state index is 0.333. The third-order valence-electron chi connectivity index (χ3n) is 2.86. The average molecular weight is 241 g/mol. The monoisotopic (exact) mass is 240 g/mol. The van der Waals surface area contributed by atoms with E-state index < -0.39 is 5.79 Å². The van der Waals surface area contributed by atoms with Crippen molar-refractivity contribution in [3.63, 3.8) is 0 Å². The molecule has 2 nitrogen and oxygen atoms in total. The lowest BCUT2D eigenvalue weighted by Crippen LogP contribution is -2.29. The van der Waals surface area contributed by atoms with Crippen LogP contribution in [0, 0.1) is 0 Å². The van der Waals surface area contributed by atoms with Gasteiger partial charge in [-0.05, 0) is 12.0 Å². The van der Waals surface area contributed by atoms with Crippen LogP contribution in [-0.2, 0) is 21.7 Å². The largest absolute Gasteiger partial charge is 0.342 e. The van der Waals surface area contributed by atoms with Crippen LogP contribution in [0.15, 0.2) is 24.3 Å². The molecule has 1 fully saturated rings. The predicted molar refractivity (Wildman–Crippen MR) is 64.7 cm³/mol. The Morgan fingerprint density at radius 2 is 1.81 bits per heavy atom. The molecule has 0 radical (unpaired) electrons. The van der Waals surface area contributed by atoms with Gasteiger partial charge in [-0.3, -0.25) is 0 Å². The van der Waals surface area contributed by atoms with Gasteiger partial charge in [-0.1, -0.05) is 37.6 Å². The number of alkyl halides is 1. The Morgan fingerprint density at radius 3 is 2.31 bits per heavy atom. The molecule has 0 aliphatic carbocycles. The van der Waals surface area contributed by atoms with E-state index in [1.54, 1.807) is 0 Å². The molecule has 0 bridgehead atoms. The van der Waals surface area contributed by atoms with Crippen molar-refractivity contribution in [2.24, 2.45) is 0 Å². The van der Waals surface area contributed by atoms with Gasteiger partial charge < -0.3 is 9.47 Å². The number of halogens is 1. The van der Waals surface area contributed by atoms with Crippen LogP contribution >= 0.6 is 11.6 Å². The molecular formula is C13H17ClO2. The molecule has 0 saturated carbocycles. The molecule has 88 valence electrons. The fourth-order valence-corrected chi connectivity index (χ4v) is 2.30. The normalized spacial score (nSPS) is 18.9. The SMILES string of the molecule is CCCc1ccc(C2(CCl)OCCO2)cc1. The van der Waals surface area contributed by atoms with E-state index in [0.29, 0.717) is 19.1 Å². The van der Waals surface area contributed by atoms with E-state index >= 15 is 0 Å². The van der Waals surface area contributed by atoms with Crippen LogP contribution < -0.4 is 0 Å². The maximum atomic E-state index is 5.95. The Balaban J connectivity index is 2.19. The zero-order valence-electron chi connectivity index (χ0n) is 9.54. The highest BCUT2D eigenvalue weighted by atomic mass is 35.5. The third-order valence-corrected chi connectivity index (χ3v) is 3.21. The van der Waals surface area contributed by atoms with E-state index in [1.165, 1.54) is 5.56 Å². The molecule has 1 saturated heterocycles. The summed E-state index contributed by atoms with van der Waals surface area (Å²) in [4.78, 5) is 0. The summed E-state index contributed by atoms with van der Waals surface area (Å²) >= 11 is 5.95. The Labute approximate surface area is 102 Å². The first kappa shape index (κ1) is 11.9. The van der Waals surface area contributed by atoms with Crippen LogP contribution in [0.3, 0.4) is 0 Å². The third kappa shape index (κ3) is 2.24. The van der Waals surface area contributed by atoms with Crippen LogP contribution in [0.1, 0.15) is 24.5 Å². The quantitative estimate of drug-likeness (QED) is 0.753. The minimum Gasteiger partial charge on any atom is -0.342 e. The number of aryl methyl sites for hydroxylation is 1. The number of rotatable bonds is 4. The zero-order chi connectivity index (χ0) is 11.4. The molecule has 0 atom stereocenters. The fourth-order valence-electron chi connectivity index (χ4n) is 1.99. The smallest absolute Gasteiger partial charge is 0.208 e. The highest BCUT2D eigenvalue weighted by Crippen LogP contribution is 2.32. The summed E-state index contributed by atoms with van der Waals surface area (Å²) in [5.41, 5.74) is 2.36. The van der Waals surface area contributed by atoms with Crippen LogP contribution in [0.5, 0.6) is 0 Å². The van der Waals surface area contributed by atoms with Gasteiger partial charge in [0, 0.05) is 5.56 Å². The molecule has 16 heavy (non-hydrogen) atoms. The average Bonchev–Trinajstić information content (AvgIpc) is 2.80. The molecule has 1 aliphatic heterocycles. The molecule has 1 aromatic carbocycles. The van der Waals surface area contributed by atoms with Gasteiger partial charge in [0.15, 0.2) is 0 Å². The van der Waals surface area contributed by atoms with E-state index in [-0.39, 0.29) is 0 Å². The number of ether oxygens (including phenoxy) is 2. The van der Waals surface area contributed by atoms with Crippen molar-refractivity contribution in [3.8, 4) is 0 Å². The van der Waals surface area contributed by atoms with Gasteiger partial charge >= 0.3 is 0 Å². The fraction of sp³-hybridized carbons (Fsp3) is 0.538. The maximum Gasteiger partial charge on any atom is 0.208 e. The molecule has 0 amide bonds. The van der Waals surface area contributed by atoms with Crippen molar-refractivity contribution in [3.05, 3.63) is 35.4 Å². The van der Waals surface area contributed by atoms with Gasteiger partial charge in [0.2, 0.25) is 5.79 Å². The summed E-state index contributed by atoms with van der Waals surface area (Å²) < 4.78 is 11.2. The van der Waals surface area contributed by atoms with Crippen LogP contribution in [0.25, 0.3) is 0 Å². The van der Waals surface area contributed by atoms with Crippen molar-refractivity contribution in [2.45, 2.75) is 25.6 Å². The Hall–Kier alpha value is -0.570. The maximum absolute atomic E-state index is 5.95. The second kappa shape index (κ2) is 5.17. The Kier molecular flexibility index (Phi) is 3.85. The summed E-state index contributed by atoms with van der Waals surface area (Å²) in [7, 11) is 0. The molecule has 1 aliphatic rings. The van der Waals surface area contributed by atoms with Crippen molar-refractivity contribution in [1.82, 2.24) is 0 Å². The number of hydrogen-bond donors (Lipinski definition) is 0. The van der Waals surface area contributed by atoms with Gasteiger partial charge in [0.05, 0.1) is 19.1 Å². The second-order valence-electron chi connectivity index (χ2n) is 4.03. The van der Waals surface area contributed by atoms with Crippen LogP contribution in [0.2, 0.25) is 0 Å². The second-order valence-corrected chi connectivity index (χ2v) is 4.30. The summed E-state index contributed by atoms with van der Waals surface area (Å²) in [6, 6.07) is 8.35. The van der Waals surface area contributed by atoms with E-state index in [9.17, 15) is 0 Å². The van der Waals surface area contributed by atoms with Gasteiger partial charge in [-0.15, -0.1) is 11.6 Å². The molecule has 0 aromatic heterocycles. The highest BCUT2D eigenvalue weighted by Gasteiger charge is 2.37. The van der Waals surface area contributed by atoms with Gasteiger partial charge in [-0.2, -0.15) is 0 Å². The number of benzene rings is 1. The lowest BCUT2D eigenvalue weighted by atomic mass is 10.0. The summed E-state index contributed by atoms with van der Waals surface area (Å²) in [5, 5.41) is 0. The molecule has 0 unspecified atom stereocenters. The summed E-state index contributed by atoms with van der Waals surface area (Å²) in [6.07, 6.45) is 2.27. The van der Waals surface area contributed by atoms with Gasteiger partial charge in [0.1, 0.15) is 0 Å². The summed E-state index contributed by atoms with van der Waals surface area (Å²) in [5.74, 6) is -0.383. The lowest BCUT2D eigenvalue weighted by molar-refractivity contribution is -0.146. The molecule has 0 spiro atoms. The standard InChI is InChI=1S/C13H17ClO2/c1-2-3-11-4-6-12(7-5-11)13(10-14)15-8-9-16-13/h4-7H,2-3,8-10H2,1H3. The Morgan fingerprint density at radius 1 is 1.19 bits per heavy atom. The van der Waals surface area contributed by atoms with Gasteiger partial charge in [-0.25, -0.2) is 0 Å². The molecule has 1 aromatic rings. The predicted octanol–water partition coefficient (Wildman–Crippen LogP) is 3.08. The van der Waals surface area contributed by atoms with Crippen molar-refractivity contribution in [2.75, 3.05) is 19.1 Å². The van der Waals surface area contributed by atoms with Crippen LogP contribution in [-0.4, -0.2) is 19.1 Å². The van der Waals surface area contributed by atoms with Crippen LogP contribution in [0.4, 0.5) is 0 Å². The molecular weight excluding hydrogens is 224 g/mol. The topological polar surface area (TPSA) is 18.5 Å². The molecule has 3 heteroatoms. The van der Waals surface area contributed by atoms with E-state index in [0.717, 1.165) is 18.4 Å². The first-order valence-electron chi connectivity index (χ1n) is 5.74. The zero-order valence-corrected chi connectivity index (χ0v) is 10.3. The summed E-state index contributed by atoms with van der Waals surface area (Å²) in [6.45, 7) is 3.41. The van der Waals surface area contributed by atoms with Crippen molar-refractivity contribution in [1.29, 1.82) is 0 Å².